The van der Waals surface area contributed by atoms with Crippen LogP contribution in [0.3, 0.4) is 0 Å². The highest BCUT2D eigenvalue weighted by molar-refractivity contribution is 5.17. The summed E-state index contributed by atoms with van der Waals surface area (Å²) in [5.74, 6) is 0. The molecule has 2 N–H and O–H groups in total. The molecule has 190 valence electrons. The predicted molar refractivity (Wildman–Crippen MR) is 129 cm³/mol. The van der Waals surface area contributed by atoms with Gasteiger partial charge in [-0.25, -0.2) is 0 Å². The molecule has 0 aromatic heterocycles. The quantitative estimate of drug-likeness (QED) is 0.209. The van der Waals surface area contributed by atoms with Crippen molar-refractivity contribution < 1.29 is 33.9 Å². The van der Waals surface area contributed by atoms with Gasteiger partial charge in [0.05, 0.1) is 72.7 Å². The Hall–Kier alpha value is -1.88. The Kier molecular flexibility index (Phi) is 16.2. The lowest BCUT2D eigenvalue weighted by Crippen LogP contribution is -2.38. The molecule has 2 aromatic rings. The van der Waals surface area contributed by atoms with Gasteiger partial charge < -0.3 is 33.9 Å². The van der Waals surface area contributed by atoms with Gasteiger partial charge in [0.25, 0.3) is 0 Å². The Labute approximate surface area is 203 Å². The number of aliphatic hydroxyl groups excluding tert-OH is 2. The number of nitrogens with zero attached hydrogens (tertiary/aromatic N) is 1. The third kappa shape index (κ3) is 13.7. The van der Waals surface area contributed by atoms with E-state index in [0.717, 1.165) is 11.1 Å². The highest BCUT2D eigenvalue weighted by Crippen LogP contribution is 2.12. The summed E-state index contributed by atoms with van der Waals surface area (Å²) < 4.78 is 27.0. The first-order valence-corrected chi connectivity index (χ1v) is 11.8. The lowest BCUT2D eigenvalue weighted by Gasteiger charge is -2.28. The van der Waals surface area contributed by atoms with E-state index in [1.807, 2.05) is 41.3 Å². The molecule has 0 spiro atoms. The van der Waals surface area contributed by atoms with Crippen LogP contribution in [0.4, 0.5) is 0 Å². The molecule has 0 heterocycles. The minimum atomic E-state index is -0.724. The van der Waals surface area contributed by atoms with Gasteiger partial charge in [-0.1, -0.05) is 60.7 Å². The Balaban J connectivity index is 1.53. The summed E-state index contributed by atoms with van der Waals surface area (Å²) in [6.07, 6.45) is -0.724. The van der Waals surface area contributed by atoms with E-state index >= 15 is 0 Å². The number of ether oxygens (including phenoxy) is 5. The summed E-state index contributed by atoms with van der Waals surface area (Å²) in [7, 11) is 0. The third-order valence-corrected chi connectivity index (χ3v) is 4.87. The summed E-state index contributed by atoms with van der Waals surface area (Å²) in [5.41, 5.74) is 2.28. The van der Waals surface area contributed by atoms with Crippen molar-refractivity contribution in [2.75, 3.05) is 72.7 Å². The van der Waals surface area contributed by atoms with Crippen molar-refractivity contribution in [3.63, 3.8) is 0 Å². The summed E-state index contributed by atoms with van der Waals surface area (Å²) in [6, 6.07) is 20.2. The summed E-state index contributed by atoms with van der Waals surface area (Å²) in [4.78, 5) is 2.00. The number of benzene rings is 2. The average Bonchev–Trinajstić information content (AvgIpc) is 2.87. The molecule has 1 unspecified atom stereocenters. The second kappa shape index (κ2) is 19.4. The Morgan fingerprint density at radius 1 is 0.559 bits per heavy atom. The molecule has 0 radical (unpaired) electrons. The minimum absolute atomic E-state index is 0.0235. The molecule has 0 amide bonds. The van der Waals surface area contributed by atoms with Crippen LogP contribution in [0.2, 0.25) is 0 Å². The second-order valence-electron chi connectivity index (χ2n) is 7.60. The zero-order valence-corrected chi connectivity index (χ0v) is 19.9. The molecular formula is C26H39NO7. The third-order valence-electron chi connectivity index (χ3n) is 4.87. The highest BCUT2D eigenvalue weighted by atomic mass is 16.6. The van der Waals surface area contributed by atoms with Crippen LogP contribution in [0.15, 0.2) is 60.7 Å². The van der Waals surface area contributed by atoms with Crippen LogP contribution >= 0.6 is 0 Å². The zero-order chi connectivity index (χ0) is 24.1. The van der Waals surface area contributed by atoms with Crippen LogP contribution in [0.1, 0.15) is 11.1 Å². The van der Waals surface area contributed by atoms with Gasteiger partial charge >= 0.3 is 0 Å². The number of aliphatic hydroxyl groups is 2. The van der Waals surface area contributed by atoms with Crippen LogP contribution in [-0.2, 0) is 36.8 Å². The summed E-state index contributed by atoms with van der Waals surface area (Å²) in [5, 5.41) is 19.3. The Morgan fingerprint density at radius 2 is 0.941 bits per heavy atom. The van der Waals surface area contributed by atoms with E-state index < -0.39 is 6.23 Å². The Morgan fingerprint density at radius 3 is 1.35 bits per heavy atom. The molecule has 8 nitrogen and oxygen atoms in total. The molecule has 0 saturated carbocycles. The van der Waals surface area contributed by atoms with Crippen LogP contribution in [-0.4, -0.2) is 94.0 Å². The normalized spacial score (nSPS) is 12.3. The number of hydrogen-bond donors (Lipinski definition) is 2. The number of rotatable bonds is 21. The van der Waals surface area contributed by atoms with E-state index in [2.05, 4.69) is 24.3 Å². The van der Waals surface area contributed by atoms with Crippen molar-refractivity contribution in [2.24, 2.45) is 0 Å². The van der Waals surface area contributed by atoms with Gasteiger partial charge in [0, 0.05) is 13.1 Å². The first kappa shape index (κ1) is 28.4. The standard InChI is InChI=1S/C26H39NO7/c28-11-12-30-13-14-31-15-16-32-17-18-33-19-20-34-23-26(29)27(21-24-7-3-1-4-8-24)22-25-9-5-2-6-10-25/h1-10,26,28-29H,11-23H2. The van der Waals surface area contributed by atoms with Crippen molar-refractivity contribution in [1.82, 2.24) is 4.90 Å². The molecule has 0 bridgehead atoms. The fraction of sp³-hybridized carbons (Fsp3) is 0.538. The van der Waals surface area contributed by atoms with E-state index in [1.165, 1.54) is 0 Å². The largest absolute Gasteiger partial charge is 0.394 e. The van der Waals surface area contributed by atoms with Crippen LogP contribution in [0.25, 0.3) is 0 Å². The van der Waals surface area contributed by atoms with Gasteiger partial charge in [-0.2, -0.15) is 0 Å². The molecule has 0 aliphatic carbocycles. The van der Waals surface area contributed by atoms with Gasteiger partial charge in [-0.15, -0.1) is 0 Å². The lowest BCUT2D eigenvalue weighted by molar-refractivity contribution is -0.0768. The molecule has 0 aliphatic rings. The fourth-order valence-corrected chi connectivity index (χ4v) is 3.14. The lowest BCUT2D eigenvalue weighted by atomic mass is 10.1. The van der Waals surface area contributed by atoms with Gasteiger partial charge in [-0.05, 0) is 11.1 Å². The maximum Gasteiger partial charge on any atom is 0.131 e. The molecule has 2 rings (SSSR count). The molecule has 0 aliphatic heterocycles. The van der Waals surface area contributed by atoms with Gasteiger partial charge in [0.2, 0.25) is 0 Å². The van der Waals surface area contributed by atoms with Gasteiger partial charge in [0.1, 0.15) is 6.23 Å². The van der Waals surface area contributed by atoms with Gasteiger partial charge in [-0.3, -0.25) is 4.90 Å². The van der Waals surface area contributed by atoms with Crippen molar-refractivity contribution in [3.05, 3.63) is 71.8 Å². The summed E-state index contributed by atoms with van der Waals surface area (Å²) in [6.45, 7) is 5.55. The molecule has 8 heteroatoms. The van der Waals surface area contributed by atoms with Crippen LogP contribution in [0, 0.1) is 0 Å². The van der Waals surface area contributed by atoms with Crippen LogP contribution < -0.4 is 0 Å². The van der Waals surface area contributed by atoms with Crippen LogP contribution in [0.5, 0.6) is 0 Å². The van der Waals surface area contributed by atoms with E-state index in [1.54, 1.807) is 0 Å². The highest BCUT2D eigenvalue weighted by Gasteiger charge is 2.17. The molecular weight excluding hydrogens is 438 g/mol. The topological polar surface area (TPSA) is 89.9 Å². The smallest absolute Gasteiger partial charge is 0.131 e. The van der Waals surface area contributed by atoms with E-state index in [0.29, 0.717) is 72.6 Å². The fourth-order valence-electron chi connectivity index (χ4n) is 3.14. The Bertz CT molecular complexity index is 663. The maximum atomic E-state index is 10.7. The monoisotopic (exact) mass is 477 g/mol. The SMILES string of the molecule is OCCOCCOCCOCCOCCOCC(O)N(Cc1ccccc1)Cc1ccccc1. The second-order valence-corrected chi connectivity index (χ2v) is 7.60. The van der Waals surface area contributed by atoms with Crippen molar-refractivity contribution in [2.45, 2.75) is 19.3 Å². The van der Waals surface area contributed by atoms with E-state index in [4.69, 9.17) is 28.8 Å². The zero-order valence-electron chi connectivity index (χ0n) is 19.9. The molecule has 1 atom stereocenters. The van der Waals surface area contributed by atoms with Gasteiger partial charge in [0.15, 0.2) is 0 Å². The molecule has 0 saturated heterocycles. The molecule has 2 aromatic carbocycles. The maximum absolute atomic E-state index is 10.7. The molecule has 0 fully saturated rings. The van der Waals surface area contributed by atoms with Crippen molar-refractivity contribution >= 4 is 0 Å². The summed E-state index contributed by atoms with van der Waals surface area (Å²) >= 11 is 0. The number of hydrogen-bond acceptors (Lipinski definition) is 8. The first-order valence-electron chi connectivity index (χ1n) is 11.8. The van der Waals surface area contributed by atoms with E-state index in [-0.39, 0.29) is 13.2 Å². The first-order chi connectivity index (χ1) is 16.8. The van der Waals surface area contributed by atoms with Crippen molar-refractivity contribution in [1.29, 1.82) is 0 Å². The van der Waals surface area contributed by atoms with Crippen molar-refractivity contribution in [3.8, 4) is 0 Å². The van der Waals surface area contributed by atoms with E-state index in [9.17, 15) is 5.11 Å². The molecule has 34 heavy (non-hydrogen) atoms. The average molecular weight is 478 g/mol. The predicted octanol–water partition coefficient (Wildman–Crippen LogP) is 2.08. The minimum Gasteiger partial charge on any atom is -0.394 e.